The summed E-state index contributed by atoms with van der Waals surface area (Å²) in [5, 5.41) is 0. The third-order valence-electron chi connectivity index (χ3n) is 6.85. The van der Waals surface area contributed by atoms with Crippen LogP contribution in [0.25, 0.3) is 0 Å². The Kier molecular flexibility index (Phi) is 16.8. The molecule has 0 unspecified atom stereocenters. The van der Waals surface area contributed by atoms with E-state index < -0.39 is 0 Å². The predicted octanol–water partition coefficient (Wildman–Crippen LogP) is 10.3. The van der Waals surface area contributed by atoms with Crippen LogP contribution in [0.2, 0.25) is 0 Å². The van der Waals surface area contributed by atoms with Crippen molar-refractivity contribution in [2.75, 3.05) is 0 Å². The number of hydrogen-bond acceptors (Lipinski definition) is 2. The van der Waals surface area contributed by atoms with E-state index in [1.807, 2.05) is 0 Å². The Hall–Kier alpha value is -1.56. The molecule has 0 aliphatic heterocycles. The molecule has 0 bridgehead atoms. The summed E-state index contributed by atoms with van der Waals surface area (Å²) >= 11 is 0. The van der Waals surface area contributed by atoms with E-state index in [0.29, 0.717) is 0 Å². The molecule has 0 fully saturated rings. The first-order valence-corrected chi connectivity index (χ1v) is 14.5. The molecule has 0 saturated carbocycles. The zero-order valence-corrected chi connectivity index (χ0v) is 25.4. The van der Waals surface area contributed by atoms with E-state index in [1.165, 1.54) is 78.6 Å². The van der Waals surface area contributed by atoms with Crippen molar-refractivity contribution in [2.24, 2.45) is 9.98 Å². The van der Waals surface area contributed by atoms with Gasteiger partial charge in [-0.15, -0.1) is 0 Å². The summed E-state index contributed by atoms with van der Waals surface area (Å²) in [6, 6.07) is 13.8. The minimum Gasteiger partial charge on any atom is -0.252 e. The number of aliphatic imine (C=N–C) groups is 2. The van der Waals surface area contributed by atoms with E-state index >= 15 is 0 Å². The van der Waals surface area contributed by atoms with E-state index in [1.54, 1.807) is 0 Å². The van der Waals surface area contributed by atoms with Gasteiger partial charge in [-0.25, -0.2) is 0 Å². The Morgan fingerprint density at radius 1 is 0.472 bits per heavy atom. The molecule has 0 saturated heterocycles. The van der Waals surface area contributed by atoms with Crippen molar-refractivity contribution < 1.29 is 20.4 Å². The van der Waals surface area contributed by atoms with Gasteiger partial charge in [0.1, 0.15) is 0 Å². The maximum absolute atomic E-state index is 5.32. The van der Waals surface area contributed by atoms with Gasteiger partial charge in [0, 0.05) is 20.4 Å². The monoisotopic (exact) mass is 580 g/mol. The fraction of sp³-hybridized carbons (Fsp3) is 0.576. The number of rotatable bonds is 16. The number of nitrogens with zero attached hydrogens (tertiary/aromatic N) is 2. The van der Waals surface area contributed by atoms with Gasteiger partial charge in [-0.3, -0.25) is 9.98 Å². The second-order valence-corrected chi connectivity index (χ2v) is 9.81. The van der Waals surface area contributed by atoms with Crippen molar-refractivity contribution in [3.05, 3.63) is 58.7 Å². The first kappa shape index (κ1) is 32.5. The van der Waals surface area contributed by atoms with Crippen molar-refractivity contribution in [1.82, 2.24) is 0 Å². The van der Waals surface area contributed by atoms with E-state index in [0.717, 1.165) is 49.9 Å². The first-order chi connectivity index (χ1) is 17.1. The molecule has 0 atom stereocenters. The molecule has 0 aliphatic rings. The van der Waals surface area contributed by atoms with Gasteiger partial charge in [-0.1, -0.05) is 85.8 Å². The molecular formula is C33H50N2Pd. The molecule has 0 aromatic heterocycles. The van der Waals surface area contributed by atoms with Crippen molar-refractivity contribution in [2.45, 2.75) is 125 Å². The van der Waals surface area contributed by atoms with Gasteiger partial charge in [-0.05, 0) is 97.9 Å². The van der Waals surface area contributed by atoms with Crippen LogP contribution < -0.4 is 0 Å². The van der Waals surface area contributed by atoms with Crippen LogP contribution >= 0.6 is 0 Å². The van der Waals surface area contributed by atoms with Gasteiger partial charge in [-0.2, -0.15) is 0 Å². The Morgan fingerprint density at radius 3 is 1.14 bits per heavy atom. The van der Waals surface area contributed by atoms with Crippen molar-refractivity contribution >= 4 is 22.8 Å². The fourth-order valence-corrected chi connectivity index (χ4v) is 4.53. The first-order valence-electron chi connectivity index (χ1n) is 14.5. The van der Waals surface area contributed by atoms with Gasteiger partial charge in [0.15, 0.2) is 0 Å². The van der Waals surface area contributed by atoms with Crippen LogP contribution in [-0.4, -0.2) is 11.4 Å². The predicted molar refractivity (Wildman–Crippen MR) is 157 cm³/mol. The quantitative estimate of drug-likeness (QED) is 0.107. The number of unbranched alkanes of at least 4 members (excludes halogenated alkanes) is 5. The van der Waals surface area contributed by atoms with Crippen LogP contribution in [0.4, 0.5) is 11.4 Å². The van der Waals surface area contributed by atoms with Crippen molar-refractivity contribution in [3.8, 4) is 0 Å². The van der Waals surface area contributed by atoms with Gasteiger partial charge in [0.05, 0.1) is 22.8 Å². The molecule has 0 radical (unpaired) electrons. The van der Waals surface area contributed by atoms with Crippen molar-refractivity contribution in [1.29, 1.82) is 0 Å². The normalized spacial score (nSPS) is 12.1. The molecule has 36 heavy (non-hydrogen) atoms. The maximum Gasteiger partial charge on any atom is 0.0639 e. The minimum absolute atomic E-state index is 0. The van der Waals surface area contributed by atoms with Crippen LogP contribution in [0, 0.1) is 0 Å². The Labute approximate surface area is 236 Å². The summed E-state index contributed by atoms with van der Waals surface area (Å²) in [6.45, 7) is 13.5. The second-order valence-electron chi connectivity index (χ2n) is 9.81. The summed E-state index contributed by atoms with van der Waals surface area (Å²) < 4.78 is 0. The molecule has 2 aromatic carbocycles. The second kappa shape index (κ2) is 18.7. The Morgan fingerprint density at radius 2 is 0.806 bits per heavy atom. The van der Waals surface area contributed by atoms with Gasteiger partial charge >= 0.3 is 0 Å². The summed E-state index contributed by atoms with van der Waals surface area (Å²) in [7, 11) is 0. The number of benzene rings is 2. The standard InChI is InChI=1S/C33H50N2.Pd/c1-7-13-15-17-19-33(35-31-24-28(11-5)21-29(12-6)25-31)32(18-16-14-8-2)34-30-22-26(9-3)20-27(10-4)23-30;/h20-25H,7-19H2,1-6H3;/b34-32+,35-33+;. The average Bonchev–Trinajstić information content (AvgIpc) is 2.89. The van der Waals surface area contributed by atoms with E-state index in [2.05, 4.69) is 77.9 Å². The summed E-state index contributed by atoms with van der Waals surface area (Å²) in [4.78, 5) is 10.6. The Balaban J connectivity index is 0.00000648. The van der Waals surface area contributed by atoms with Crippen LogP contribution in [0.3, 0.4) is 0 Å². The van der Waals surface area contributed by atoms with Crippen LogP contribution in [0.15, 0.2) is 46.4 Å². The summed E-state index contributed by atoms with van der Waals surface area (Å²) in [6.07, 6.45) is 14.8. The molecule has 0 amide bonds. The fourth-order valence-electron chi connectivity index (χ4n) is 4.53. The van der Waals surface area contributed by atoms with Crippen LogP contribution in [0.5, 0.6) is 0 Å². The van der Waals surface area contributed by atoms with Gasteiger partial charge in [0.25, 0.3) is 0 Å². The summed E-state index contributed by atoms with van der Waals surface area (Å²) in [5.41, 5.74) is 10.1. The molecule has 0 heterocycles. The van der Waals surface area contributed by atoms with Gasteiger partial charge < -0.3 is 0 Å². The zero-order chi connectivity index (χ0) is 25.5. The number of hydrogen-bond donors (Lipinski definition) is 0. The molecule has 0 spiro atoms. The van der Waals surface area contributed by atoms with Gasteiger partial charge in [0.2, 0.25) is 0 Å². The molecule has 3 heteroatoms. The zero-order valence-electron chi connectivity index (χ0n) is 23.9. The molecule has 202 valence electrons. The molecule has 2 nitrogen and oxygen atoms in total. The molecule has 2 rings (SSSR count). The third-order valence-corrected chi connectivity index (χ3v) is 6.85. The maximum atomic E-state index is 5.32. The largest absolute Gasteiger partial charge is 0.252 e. The van der Waals surface area contributed by atoms with E-state index in [4.69, 9.17) is 9.98 Å². The minimum atomic E-state index is 0. The molecule has 2 aromatic rings. The molecule has 0 aliphatic carbocycles. The Bertz CT molecular complexity index is 914. The summed E-state index contributed by atoms with van der Waals surface area (Å²) in [5.74, 6) is 0. The topological polar surface area (TPSA) is 24.7 Å². The van der Waals surface area contributed by atoms with E-state index in [9.17, 15) is 0 Å². The number of aryl methyl sites for hydroxylation is 4. The molecular weight excluding hydrogens is 531 g/mol. The molecule has 0 N–H and O–H groups in total. The smallest absolute Gasteiger partial charge is 0.0639 e. The SMILES string of the molecule is CCCCCCC(=N\c1cc(CC)cc(CC)c1)/C(CCCCC)=N/c1cc(CC)cc(CC)c1.[Pd]. The average molecular weight is 581 g/mol. The van der Waals surface area contributed by atoms with Crippen LogP contribution in [-0.2, 0) is 46.1 Å². The van der Waals surface area contributed by atoms with Crippen molar-refractivity contribution in [3.63, 3.8) is 0 Å². The van der Waals surface area contributed by atoms with E-state index in [-0.39, 0.29) is 20.4 Å². The van der Waals surface area contributed by atoms with Crippen LogP contribution in [0.1, 0.15) is 122 Å². The third kappa shape index (κ3) is 11.2.